The lowest BCUT2D eigenvalue weighted by molar-refractivity contribution is -0.384. The molecule has 1 aliphatic heterocycles. The predicted molar refractivity (Wildman–Crippen MR) is 93.1 cm³/mol. The van der Waals surface area contributed by atoms with Crippen LogP contribution in [0.25, 0.3) is 0 Å². The van der Waals surface area contributed by atoms with Crippen LogP contribution in [0.4, 0.5) is 5.69 Å². The van der Waals surface area contributed by atoms with Gasteiger partial charge >= 0.3 is 0 Å². The quantitative estimate of drug-likeness (QED) is 0.587. The minimum Gasteiger partial charge on any atom is -0.258 e. The molecule has 0 saturated carbocycles. The van der Waals surface area contributed by atoms with E-state index in [1.165, 1.54) is 21.3 Å². The molecule has 128 valence electrons. The first-order valence-electron chi connectivity index (χ1n) is 7.38. The zero-order chi connectivity index (χ0) is 17.5. The van der Waals surface area contributed by atoms with E-state index in [1.54, 1.807) is 11.3 Å². The molecule has 1 aromatic carbocycles. The van der Waals surface area contributed by atoms with E-state index >= 15 is 0 Å². The summed E-state index contributed by atoms with van der Waals surface area (Å²) in [5.41, 5.74) is 0.625. The third-order valence-corrected chi connectivity index (χ3v) is 7.37. The van der Waals surface area contributed by atoms with Gasteiger partial charge in [-0.3, -0.25) is 10.1 Å². The highest BCUT2D eigenvalue weighted by Crippen LogP contribution is 2.39. The van der Waals surface area contributed by atoms with E-state index in [-0.39, 0.29) is 16.0 Å². The average Bonchev–Trinajstić information content (AvgIpc) is 3.02. The average molecular weight is 387 g/mol. The number of nitro groups is 1. The van der Waals surface area contributed by atoms with E-state index in [4.69, 9.17) is 11.6 Å². The van der Waals surface area contributed by atoms with E-state index in [0.29, 0.717) is 19.4 Å². The highest BCUT2D eigenvalue weighted by Gasteiger charge is 2.36. The zero-order valence-corrected chi connectivity index (χ0v) is 15.2. The van der Waals surface area contributed by atoms with Gasteiger partial charge in [0.15, 0.2) is 0 Å². The SMILES string of the molecule is CC[C@H]1c2ccsc2CCN1S(=O)(=O)c1ccc(Cl)c([N+](=O)[O-])c1. The van der Waals surface area contributed by atoms with Gasteiger partial charge in [-0.1, -0.05) is 18.5 Å². The van der Waals surface area contributed by atoms with Crippen molar-refractivity contribution in [3.8, 4) is 0 Å². The number of benzene rings is 1. The van der Waals surface area contributed by atoms with Gasteiger partial charge in [-0.2, -0.15) is 4.31 Å². The van der Waals surface area contributed by atoms with E-state index in [1.807, 2.05) is 18.4 Å². The predicted octanol–water partition coefficient (Wildman–Crippen LogP) is 4.01. The Morgan fingerprint density at radius 3 is 2.83 bits per heavy atom. The van der Waals surface area contributed by atoms with Gasteiger partial charge in [-0.25, -0.2) is 8.42 Å². The molecule has 9 heteroatoms. The van der Waals surface area contributed by atoms with Crippen LogP contribution in [0, 0.1) is 10.1 Å². The van der Waals surface area contributed by atoms with Crippen LogP contribution in [0.2, 0.25) is 5.02 Å². The van der Waals surface area contributed by atoms with Crippen molar-refractivity contribution in [3.05, 3.63) is 55.2 Å². The summed E-state index contributed by atoms with van der Waals surface area (Å²) in [6, 6.07) is 5.32. The molecule has 0 spiro atoms. The first-order valence-corrected chi connectivity index (χ1v) is 10.1. The van der Waals surface area contributed by atoms with Crippen molar-refractivity contribution in [2.45, 2.75) is 30.7 Å². The number of sulfonamides is 1. The van der Waals surface area contributed by atoms with Crippen LogP contribution in [0.5, 0.6) is 0 Å². The molecule has 1 aromatic heterocycles. The van der Waals surface area contributed by atoms with Gasteiger partial charge in [0.05, 0.1) is 15.9 Å². The Hall–Kier alpha value is -1.48. The fraction of sp³-hybridized carbons (Fsp3) is 0.333. The Bertz CT molecular complexity index is 895. The molecule has 2 aromatic rings. The summed E-state index contributed by atoms with van der Waals surface area (Å²) in [4.78, 5) is 11.5. The molecule has 0 aliphatic carbocycles. The zero-order valence-electron chi connectivity index (χ0n) is 12.8. The number of halogens is 1. The molecule has 0 bridgehead atoms. The van der Waals surface area contributed by atoms with Crippen LogP contribution in [0.3, 0.4) is 0 Å². The second kappa shape index (κ2) is 6.44. The number of thiophene rings is 1. The third-order valence-electron chi connectivity index (χ3n) is 4.15. The minimum atomic E-state index is -3.84. The van der Waals surface area contributed by atoms with Crippen LogP contribution in [-0.4, -0.2) is 24.2 Å². The molecule has 0 amide bonds. The highest BCUT2D eigenvalue weighted by atomic mass is 35.5. The molecular formula is C15H15ClN2O4S2. The summed E-state index contributed by atoms with van der Waals surface area (Å²) >= 11 is 7.42. The van der Waals surface area contributed by atoms with Crippen molar-refractivity contribution in [1.29, 1.82) is 0 Å². The normalized spacial score (nSPS) is 18.3. The van der Waals surface area contributed by atoms with Crippen molar-refractivity contribution in [3.63, 3.8) is 0 Å². The maximum atomic E-state index is 13.0. The first-order chi connectivity index (χ1) is 11.4. The number of nitrogens with zero attached hydrogens (tertiary/aromatic N) is 2. The van der Waals surface area contributed by atoms with Gasteiger partial charge < -0.3 is 0 Å². The van der Waals surface area contributed by atoms with E-state index in [2.05, 4.69) is 0 Å². The summed E-state index contributed by atoms with van der Waals surface area (Å²) < 4.78 is 27.5. The Morgan fingerprint density at radius 2 is 2.17 bits per heavy atom. The Kier molecular flexibility index (Phi) is 4.65. The van der Waals surface area contributed by atoms with Crippen molar-refractivity contribution < 1.29 is 13.3 Å². The van der Waals surface area contributed by atoms with Gasteiger partial charge in [0.1, 0.15) is 5.02 Å². The second-order valence-corrected chi connectivity index (χ2v) is 8.76. The lowest BCUT2D eigenvalue weighted by Gasteiger charge is -2.34. The molecule has 0 N–H and O–H groups in total. The molecule has 0 unspecified atom stereocenters. The van der Waals surface area contributed by atoms with Crippen molar-refractivity contribution in [2.24, 2.45) is 0 Å². The number of rotatable bonds is 4. The summed E-state index contributed by atoms with van der Waals surface area (Å²) in [6.07, 6.45) is 1.29. The summed E-state index contributed by atoms with van der Waals surface area (Å²) in [5, 5.41) is 12.9. The summed E-state index contributed by atoms with van der Waals surface area (Å²) in [7, 11) is -3.84. The fourth-order valence-electron chi connectivity index (χ4n) is 3.01. The van der Waals surface area contributed by atoms with E-state index in [9.17, 15) is 18.5 Å². The standard InChI is InChI=1S/C15H15ClN2O4S2/c1-2-13-11-6-8-23-15(11)5-7-17(13)24(21,22)10-3-4-12(16)14(9-10)18(19)20/h3-4,6,8-9,13H,2,5,7H2,1H3/t13-/m0/s1. The molecule has 3 rings (SSSR count). The number of hydrogen-bond donors (Lipinski definition) is 0. The van der Waals surface area contributed by atoms with Gasteiger partial charge in [0.25, 0.3) is 5.69 Å². The van der Waals surface area contributed by atoms with Gasteiger partial charge in [-0.05, 0) is 42.0 Å². The Morgan fingerprint density at radius 1 is 1.42 bits per heavy atom. The third kappa shape index (κ3) is 2.83. The van der Waals surface area contributed by atoms with Crippen LogP contribution in [0.1, 0.15) is 29.8 Å². The molecule has 0 saturated heterocycles. The molecule has 2 heterocycles. The number of hydrogen-bond acceptors (Lipinski definition) is 5. The van der Waals surface area contributed by atoms with Gasteiger partial charge in [-0.15, -0.1) is 11.3 Å². The molecular weight excluding hydrogens is 372 g/mol. The van der Waals surface area contributed by atoms with Crippen LogP contribution >= 0.6 is 22.9 Å². The lowest BCUT2D eigenvalue weighted by atomic mass is 10.0. The smallest absolute Gasteiger partial charge is 0.258 e. The topological polar surface area (TPSA) is 80.5 Å². The molecule has 0 fully saturated rings. The lowest BCUT2D eigenvalue weighted by Crippen LogP contribution is -2.39. The summed E-state index contributed by atoms with van der Waals surface area (Å²) in [6.45, 7) is 2.30. The number of nitro benzene ring substituents is 1. The van der Waals surface area contributed by atoms with Crippen molar-refractivity contribution in [2.75, 3.05) is 6.54 Å². The maximum absolute atomic E-state index is 13.0. The molecule has 24 heavy (non-hydrogen) atoms. The van der Waals surface area contributed by atoms with Crippen molar-refractivity contribution >= 4 is 38.6 Å². The molecule has 0 radical (unpaired) electrons. The van der Waals surface area contributed by atoms with Crippen LogP contribution in [0.15, 0.2) is 34.5 Å². The second-order valence-electron chi connectivity index (χ2n) is 5.46. The largest absolute Gasteiger partial charge is 0.289 e. The molecule has 6 nitrogen and oxygen atoms in total. The monoisotopic (exact) mass is 386 g/mol. The van der Waals surface area contributed by atoms with Crippen LogP contribution < -0.4 is 0 Å². The minimum absolute atomic E-state index is 0.0789. The fourth-order valence-corrected chi connectivity index (χ4v) is 5.83. The maximum Gasteiger partial charge on any atom is 0.289 e. The van der Waals surface area contributed by atoms with E-state index in [0.717, 1.165) is 11.6 Å². The molecule has 1 aliphatic rings. The number of fused-ring (bicyclic) bond motifs is 1. The van der Waals surface area contributed by atoms with Crippen LogP contribution in [-0.2, 0) is 16.4 Å². The van der Waals surface area contributed by atoms with E-state index < -0.39 is 20.6 Å². The Labute approximate surface area is 148 Å². The van der Waals surface area contributed by atoms with Gasteiger partial charge in [0, 0.05) is 17.5 Å². The first kappa shape index (κ1) is 17.3. The highest BCUT2D eigenvalue weighted by molar-refractivity contribution is 7.89. The molecule has 1 atom stereocenters. The Balaban J connectivity index is 2.05. The van der Waals surface area contributed by atoms with Gasteiger partial charge in [0.2, 0.25) is 10.0 Å². The summed E-state index contributed by atoms with van der Waals surface area (Å²) in [5.74, 6) is 0. The van der Waals surface area contributed by atoms with Crippen molar-refractivity contribution in [1.82, 2.24) is 4.31 Å².